The van der Waals surface area contributed by atoms with Crippen molar-refractivity contribution in [3.05, 3.63) is 48.2 Å². The summed E-state index contributed by atoms with van der Waals surface area (Å²) in [6.45, 7) is 3.99. The Balaban J connectivity index is 2.29. The maximum Gasteiger partial charge on any atom is 0.235 e. The second-order valence-corrected chi connectivity index (χ2v) is 4.03. The molecule has 0 N–H and O–H groups in total. The summed E-state index contributed by atoms with van der Waals surface area (Å²) in [6, 6.07) is 8.02. The van der Waals surface area contributed by atoms with E-state index in [0.29, 0.717) is 5.95 Å². The first-order valence-electron chi connectivity index (χ1n) is 5.48. The highest BCUT2D eigenvalue weighted by Gasteiger charge is 2.07. The quantitative estimate of drug-likeness (QED) is 0.637. The van der Waals surface area contributed by atoms with Crippen molar-refractivity contribution in [1.29, 1.82) is 0 Å². The molecular weight excluding hydrogens is 212 g/mol. The van der Waals surface area contributed by atoms with Crippen molar-refractivity contribution < 1.29 is 0 Å². The minimum atomic E-state index is 0.677. The Morgan fingerprint density at radius 1 is 1.06 bits per heavy atom. The highest BCUT2D eigenvalue weighted by molar-refractivity contribution is 5.81. The summed E-state index contributed by atoms with van der Waals surface area (Å²) < 4.78 is 1.89. The molecule has 0 atom stereocenters. The summed E-state index contributed by atoms with van der Waals surface area (Å²) in [5, 5.41) is 1.09. The van der Waals surface area contributed by atoms with Crippen molar-refractivity contribution >= 4 is 10.9 Å². The van der Waals surface area contributed by atoms with Crippen LogP contribution in [0.5, 0.6) is 0 Å². The Hall–Kier alpha value is -2.23. The van der Waals surface area contributed by atoms with Gasteiger partial charge in [-0.05, 0) is 19.9 Å². The molecule has 3 aromatic rings. The zero-order valence-electron chi connectivity index (χ0n) is 9.75. The lowest BCUT2D eigenvalue weighted by Crippen LogP contribution is -2.03. The molecule has 0 amide bonds. The van der Waals surface area contributed by atoms with Crippen molar-refractivity contribution in [2.24, 2.45) is 0 Å². The van der Waals surface area contributed by atoms with Gasteiger partial charge in [0.25, 0.3) is 0 Å². The van der Waals surface area contributed by atoms with E-state index in [1.165, 1.54) is 0 Å². The third-order valence-electron chi connectivity index (χ3n) is 2.82. The van der Waals surface area contributed by atoms with Crippen LogP contribution in [0.1, 0.15) is 11.4 Å². The van der Waals surface area contributed by atoms with E-state index in [2.05, 4.69) is 15.0 Å². The predicted octanol–water partition coefficient (Wildman–Crippen LogP) is 2.43. The zero-order chi connectivity index (χ0) is 11.8. The number of rotatable bonds is 1. The third-order valence-corrected chi connectivity index (χ3v) is 2.82. The lowest BCUT2D eigenvalue weighted by molar-refractivity contribution is 0.898. The minimum Gasteiger partial charge on any atom is -0.272 e. The van der Waals surface area contributed by atoms with Crippen LogP contribution in [0, 0.1) is 13.8 Å². The molecule has 1 aromatic carbocycles. The van der Waals surface area contributed by atoms with E-state index >= 15 is 0 Å². The molecule has 2 aromatic heterocycles. The lowest BCUT2D eigenvalue weighted by atomic mass is 10.2. The van der Waals surface area contributed by atoms with Crippen molar-refractivity contribution in [3.8, 4) is 5.95 Å². The number of hydrogen-bond donors (Lipinski definition) is 0. The van der Waals surface area contributed by atoms with E-state index in [-0.39, 0.29) is 0 Å². The molecular formula is C13H12N4. The average molecular weight is 224 g/mol. The summed E-state index contributed by atoms with van der Waals surface area (Å²) in [5.74, 6) is 0.677. The number of fused-ring (bicyclic) bond motifs is 1. The topological polar surface area (TPSA) is 43.6 Å². The molecule has 0 bridgehead atoms. The maximum absolute atomic E-state index is 4.55. The van der Waals surface area contributed by atoms with E-state index in [4.69, 9.17) is 0 Å². The number of hydrogen-bond acceptors (Lipinski definition) is 3. The van der Waals surface area contributed by atoms with Gasteiger partial charge in [0, 0.05) is 17.3 Å². The molecule has 0 aliphatic rings. The number of aromatic nitrogens is 4. The Morgan fingerprint density at radius 2 is 1.88 bits per heavy atom. The van der Waals surface area contributed by atoms with E-state index in [1.807, 2.05) is 42.7 Å². The first-order chi connectivity index (χ1) is 8.25. The Bertz CT molecular complexity index is 685. The molecule has 84 valence electrons. The molecule has 3 rings (SSSR count). The molecule has 0 aliphatic carbocycles. The first-order valence-corrected chi connectivity index (χ1v) is 5.48. The summed E-state index contributed by atoms with van der Waals surface area (Å²) in [6.07, 6.45) is 3.53. The van der Waals surface area contributed by atoms with Crippen LogP contribution >= 0.6 is 0 Å². The van der Waals surface area contributed by atoms with Gasteiger partial charge in [-0.25, -0.2) is 15.0 Å². The van der Waals surface area contributed by atoms with Gasteiger partial charge in [-0.15, -0.1) is 0 Å². The summed E-state index contributed by atoms with van der Waals surface area (Å²) in [5.41, 5.74) is 2.97. The van der Waals surface area contributed by atoms with Crippen LogP contribution in [0.15, 0.2) is 36.8 Å². The number of para-hydroxylation sites is 1. The highest BCUT2D eigenvalue weighted by Crippen LogP contribution is 2.16. The molecule has 0 saturated heterocycles. The first kappa shape index (κ1) is 9.96. The average Bonchev–Trinajstić information content (AvgIpc) is 2.75. The van der Waals surface area contributed by atoms with Gasteiger partial charge in [0.05, 0.1) is 11.2 Å². The normalized spacial score (nSPS) is 10.9. The van der Waals surface area contributed by atoms with Crippen LogP contribution in [0.2, 0.25) is 0 Å². The second kappa shape index (κ2) is 3.66. The SMILES string of the molecule is Cc1nc(-n2cncc2C)nc2ccccc12. The van der Waals surface area contributed by atoms with Gasteiger partial charge in [0.15, 0.2) is 0 Å². The number of nitrogens with zero attached hydrogens (tertiary/aromatic N) is 4. The monoisotopic (exact) mass is 224 g/mol. The summed E-state index contributed by atoms with van der Waals surface area (Å²) in [7, 11) is 0. The maximum atomic E-state index is 4.55. The van der Waals surface area contributed by atoms with Crippen molar-refractivity contribution in [2.45, 2.75) is 13.8 Å². The molecule has 17 heavy (non-hydrogen) atoms. The Kier molecular flexibility index (Phi) is 2.14. The fourth-order valence-electron chi connectivity index (χ4n) is 1.90. The standard InChI is InChI=1S/C13H12N4/c1-9-7-14-8-17(9)13-15-10(2)11-5-3-4-6-12(11)16-13/h3-8H,1-2H3. The predicted molar refractivity (Wildman–Crippen MR) is 66.1 cm³/mol. The van der Waals surface area contributed by atoms with Crippen LogP contribution in [-0.4, -0.2) is 19.5 Å². The van der Waals surface area contributed by atoms with Gasteiger partial charge in [-0.3, -0.25) is 4.57 Å². The van der Waals surface area contributed by atoms with Gasteiger partial charge in [0.2, 0.25) is 5.95 Å². The largest absolute Gasteiger partial charge is 0.272 e. The number of aryl methyl sites for hydroxylation is 2. The van der Waals surface area contributed by atoms with Gasteiger partial charge in [0.1, 0.15) is 6.33 Å². The van der Waals surface area contributed by atoms with Crippen LogP contribution in [0.4, 0.5) is 0 Å². The van der Waals surface area contributed by atoms with Crippen molar-refractivity contribution in [3.63, 3.8) is 0 Å². The Labute approximate surface area is 99.0 Å². The van der Waals surface area contributed by atoms with Gasteiger partial charge >= 0.3 is 0 Å². The van der Waals surface area contributed by atoms with Crippen molar-refractivity contribution in [1.82, 2.24) is 19.5 Å². The van der Waals surface area contributed by atoms with Crippen LogP contribution in [-0.2, 0) is 0 Å². The fraction of sp³-hybridized carbons (Fsp3) is 0.154. The smallest absolute Gasteiger partial charge is 0.235 e. The molecule has 0 spiro atoms. The molecule has 4 nitrogen and oxygen atoms in total. The summed E-state index contributed by atoms with van der Waals surface area (Å²) in [4.78, 5) is 13.2. The van der Waals surface area contributed by atoms with E-state index in [1.54, 1.807) is 12.5 Å². The molecule has 4 heteroatoms. The van der Waals surface area contributed by atoms with Gasteiger partial charge in [-0.1, -0.05) is 18.2 Å². The Morgan fingerprint density at radius 3 is 2.65 bits per heavy atom. The van der Waals surface area contributed by atoms with Crippen LogP contribution in [0.3, 0.4) is 0 Å². The zero-order valence-corrected chi connectivity index (χ0v) is 9.75. The van der Waals surface area contributed by atoms with Gasteiger partial charge < -0.3 is 0 Å². The number of benzene rings is 1. The molecule has 0 aliphatic heterocycles. The molecule has 2 heterocycles. The van der Waals surface area contributed by atoms with Crippen molar-refractivity contribution in [2.75, 3.05) is 0 Å². The second-order valence-electron chi connectivity index (χ2n) is 4.03. The van der Waals surface area contributed by atoms with E-state index in [9.17, 15) is 0 Å². The van der Waals surface area contributed by atoms with Crippen LogP contribution < -0.4 is 0 Å². The van der Waals surface area contributed by atoms with Crippen LogP contribution in [0.25, 0.3) is 16.9 Å². The molecule has 0 unspecified atom stereocenters. The van der Waals surface area contributed by atoms with Gasteiger partial charge in [-0.2, -0.15) is 0 Å². The summed E-state index contributed by atoms with van der Waals surface area (Å²) >= 11 is 0. The molecule has 0 radical (unpaired) electrons. The lowest BCUT2D eigenvalue weighted by Gasteiger charge is -2.06. The fourth-order valence-corrected chi connectivity index (χ4v) is 1.90. The molecule has 0 saturated carbocycles. The highest BCUT2D eigenvalue weighted by atomic mass is 15.2. The molecule has 0 fully saturated rings. The minimum absolute atomic E-state index is 0.677. The van der Waals surface area contributed by atoms with E-state index in [0.717, 1.165) is 22.3 Å². The van der Waals surface area contributed by atoms with E-state index < -0.39 is 0 Å². The number of imidazole rings is 1. The third kappa shape index (κ3) is 1.58.